The molecule has 0 saturated carbocycles. The van der Waals surface area contributed by atoms with E-state index < -0.39 is 0 Å². The van der Waals surface area contributed by atoms with Crippen LogP contribution in [0.3, 0.4) is 0 Å². The van der Waals surface area contributed by atoms with Crippen LogP contribution in [0.2, 0.25) is 0 Å². The molecule has 0 N–H and O–H groups in total. The quantitative estimate of drug-likeness (QED) is 0.671. The average Bonchev–Trinajstić information content (AvgIpc) is 2.64. The first kappa shape index (κ1) is 23.0. The molecule has 1 fully saturated rings. The van der Waals surface area contributed by atoms with E-state index in [9.17, 15) is 0 Å². The van der Waals surface area contributed by atoms with E-state index in [2.05, 4.69) is 41.2 Å². The van der Waals surface area contributed by atoms with Crippen molar-refractivity contribution in [3.63, 3.8) is 0 Å². The van der Waals surface area contributed by atoms with E-state index in [1.807, 2.05) is 30.3 Å². The van der Waals surface area contributed by atoms with Gasteiger partial charge in [-0.1, -0.05) is 30.3 Å². The normalized spacial score (nSPS) is 17.5. The van der Waals surface area contributed by atoms with Crippen LogP contribution in [0.25, 0.3) is 5.32 Å². The van der Waals surface area contributed by atoms with Crippen molar-refractivity contribution >= 4 is 25.9 Å². The van der Waals surface area contributed by atoms with Gasteiger partial charge in [-0.3, -0.25) is 0 Å². The Kier molecular flexibility index (Phi) is 15.5. The van der Waals surface area contributed by atoms with Crippen molar-refractivity contribution in [1.29, 1.82) is 0 Å². The van der Waals surface area contributed by atoms with Gasteiger partial charge in [-0.05, 0) is 21.1 Å². The Morgan fingerprint density at radius 2 is 1.09 bits per heavy atom. The predicted octanol–water partition coefficient (Wildman–Crippen LogP) is 3.49. The maximum absolute atomic E-state index is 4.80. The molecule has 0 spiro atoms. The Balaban J connectivity index is 0.000000379. The second-order valence-corrected chi connectivity index (χ2v) is 7.47. The van der Waals surface area contributed by atoms with E-state index in [1.165, 1.54) is 39.3 Å². The monoisotopic (exact) mass is 402 g/mol. The van der Waals surface area contributed by atoms with Crippen LogP contribution in [0.5, 0.6) is 0 Å². The third kappa shape index (κ3) is 14.1. The zero-order chi connectivity index (χ0) is 17.5. The molecule has 1 aromatic rings. The van der Waals surface area contributed by atoms with Crippen LogP contribution in [-0.2, 0) is 13.1 Å². The molecule has 1 saturated heterocycles. The molecule has 1 aromatic carbocycles. The summed E-state index contributed by atoms with van der Waals surface area (Å²) in [6, 6.07) is 9.87. The molecule has 0 atom stereocenters. The van der Waals surface area contributed by atoms with Crippen LogP contribution in [0.4, 0.5) is 5.69 Å². The molecule has 0 amide bonds. The molecule has 4 nitrogen and oxygen atoms in total. The fourth-order valence-corrected chi connectivity index (χ4v) is 1.94. The van der Waals surface area contributed by atoms with Gasteiger partial charge in [0.05, 0.1) is 0 Å². The first-order chi connectivity index (χ1) is 11.0. The van der Waals surface area contributed by atoms with E-state index in [1.54, 1.807) is 7.05 Å². The summed E-state index contributed by atoms with van der Waals surface area (Å²) >= 11 is 0.00694. The summed E-state index contributed by atoms with van der Waals surface area (Å²) in [5.41, 5.74) is 1.03. The Labute approximate surface area is 156 Å². The summed E-state index contributed by atoms with van der Waals surface area (Å²) in [5, 5.41) is 3.97. The Morgan fingerprint density at radius 3 is 1.30 bits per heavy atom. The van der Waals surface area contributed by atoms with Crippen molar-refractivity contribution in [1.82, 2.24) is 14.7 Å². The van der Waals surface area contributed by atoms with E-state index in [4.69, 9.17) is 20.2 Å². The Hall–Kier alpha value is -0.000519. The molecule has 0 radical (unpaired) electrons. The molecule has 0 aliphatic carbocycles. The van der Waals surface area contributed by atoms with Crippen molar-refractivity contribution in [2.75, 3.05) is 67.5 Å². The number of rotatable bonds is 1. The molecule has 23 heavy (non-hydrogen) atoms. The molecule has 0 aromatic heterocycles. The van der Waals surface area contributed by atoms with Gasteiger partial charge in [0.25, 0.3) is 0 Å². The molecule has 1 aliphatic heterocycles. The molecular formula is C16H29Cl2MnN4-. The van der Waals surface area contributed by atoms with Gasteiger partial charge in [-0.15, -0.1) is 12.7 Å². The fraction of sp³-hybridized carbons (Fsp3) is 0.625. The number of para-hydroxylation sites is 1. The molecule has 135 valence electrons. The van der Waals surface area contributed by atoms with Gasteiger partial charge < -0.3 is 20.0 Å². The molecule has 0 bridgehead atoms. The first-order valence-electron chi connectivity index (χ1n) is 7.61. The number of hydrogen-bond acceptors (Lipinski definition) is 3. The van der Waals surface area contributed by atoms with Gasteiger partial charge in [0, 0.05) is 39.3 Å². The van der Waals surface area contributed by atoms with Crippen LogP contribution < -0.4 is 0 Å². The number of likely N-dealkylation sites (N-methyl/N-ethyl adjacent to an activating group) is 3. The van der Waals surface area contributed by atoms with Gasteiger partial charge in [-0.2, -0.15) is 0 Å². The predicted molar refractivity (Wildman–Crippen MR) is 99.6 cm³/mol. The standard InChI is InChI=1S/C9H21N3.C7H8N.2ClH.Mn/c1-10-4-6-11(2)8-9-12(3)7-5-10;1-8-7-5-3-2-4-6-7;;;/h4-9H2,1-3H3;2-6H,1H3;2*1H;/q;-1;;;+2/p-2. The van der Waals surface area contributed by atoms with Crippen molar-refractivity contribution < 1.29 is 13.1 Å². The average molecular weight is 403 g/mol. The summed E-state index contributed by atoms with van der Waals surface area (Å²) in [7, 11) is 18.0. The van der Waals surface area contributed by atoms with E-state index >= 15 is 0 Å². The fourth-order valence-electron chi connectivity index (χ4n) is 1.94. The topological polar surface area (TPSA) is 23.8 Å². The van der Waals surface area contributed by atoms with Crippen LogP contribution in [0, 0.1) is 0 Å². The van der Waals surface area contributed by atoms with Gasteiger partial charge >= 0.3 is 33.3 Å². The minimum absolute atomic E-state index is 0.00694. The SMILES string of the molecule is CN1CCN(C)CCN(C)CC1.C[N-]c1ccccc1.[Cl][Mn][Cl]. The number of benzene rings is 1. The van der Waals surface area contributed by atoms with Gasteiger partial charge in [-0.25, -0.2) is 0 Å². The summed E-state index contributed by atoms with van der Waals surface area (Å²) in [6.45, 7) is 7.19. The Morgan fingerprint density at radius 1 is 0.783 bits per heavy atom. The van der Waals surface area contributed by atoms with Crippen molar-refractivity contribution in [3.8, 4) is 0 Å². The zero-order valence-electron chi connectivity index (χ0n) is 14.6. The number of nitrogens with zero attached hydrogens (tertiary/aromatic N) is 4. The van der Waals surface area contributed by atoms with E-state index in [0.29, 0.717) is 0 Å². The van der Waals surface area contributed by atoms with Crippen LogP contribution in [0.1, 0.15) is 0 Å². The number of halogens is 2. The van der Waals surface area contributed by atoms with E-state index in [0.717, 1.165) is 5.69 Å². The number of hydrogen-bond donors (Lipinski definition) is 0. The van der Waals surface area contributed by atoms with Crippen LogP contribution in [-0.4, -0.2) is 82.2 Å². The van der Waals surface area contributed by atoms with Crippen molar-refractivity contribution in [2.24, 2.45) is 0 Å². The molecule has 1 heterocycles. The van der Waals surface area contributed by atoms with Gasteiger partial charge in [0.1, 0.15) is 0 Å². The summed E-state index contributed by atoms with van der Waals surface area (Å²) in [5.74, 6) is 0. The van der Waals surface area contributed by atoms with Crippen LogP contribution in [0.15, 0.2) is 30.3 Å². The molecule has 0 unspecified atom stereocenters. The van der Waals surface area contributed by atoms with Crippen LogP contribution >= 0.6 is 20.2 Å². The van der Waals surface area contributed by atoms with Gasteiger partial charge in [0.15, 0.2) is 0 Å². The van der Waals surface area contributed by atoms with Crippen molar-refractivity contribution in [2.45, 2.75) is 0 Å². The maximum atomic E-state index is 4.80. The third-order valence-corrected chi connectivity index (χ3v) is 3.60. The molecule has 1 aliphatic rings. The second kappa shape index (κ2) is 15.5. The summed E-state index contributed by atoms with van der Waals surface area (Å²) in [4.78, 5) is 7.20. The second-order valence-electron chi connectivity index (χ2n) is 5.52. The Bertz CT molecular complexity index is 335. The van der Waals surface area contributed by atoms with E-state index in [-0.39, 0.29) is 13.1 Å². The zero-order valence-corrected chi connectivity index (χ0v) is 17.2. The molecule has 2 rings (SSSR count). The minimum atomic E-state index is 0.00694. The summed E-state index contributed by atoms with van der Waals surface area (Å²) in [6.07, 6.45) is 0. The molecular weight excluding hydrogens is 374 g/mol. The first-order valence-corrected chi connectivity index (χ1v) is 10.9. The third-order valence-electron chi connectivity index (χ3n) is 3.60. The van der Waals surface area contributed by atoms with Gasteiger partial charge in [0.2, 0.25) is 0 Å². The van der Waals surface area contributed by atoms with Crippen molar-refractivity contribution in [3.05, 3.63) is 35.6 Å². The summed E-state index contributed by atoms with van der Waals surface area (Å²) < 4.78 is 0. The molecule has 7 heteroatoms.